The Morgan fingerprint density at radius 3 is 2.16 bits per heavy atom. The molecule has 2 rings (SSSR count). The molecule has 0 saturated heterocycles. The zero-order valence-corrected chi connectivity index (χ0v) is 11.4. The molecule has 0 aliphatic carbocycles. The topological polar surface area (TPSA) is 52.3 Å². The second-order valence-corrected chi connectivity index (χ2v) is 4.69. The Hall–Kier alpha value is -1.71. The van der Waals surface area contributed by atoms with E-state index in [0.29, 0.717) is 21.4 Å². The molecule has 0 fully saturated rings. The molecule has 0 aliphatic rings. The van der Waals surface area contributed by atoms with Crippen molar-refractivity contribution in [2.24, 2.45) is 5.73 Å². The molecule has 0 aliphatic heterocycles. The first-order valence-corrected chi connectivity index (χ1v) is 6.29. The van der Waals surface area contributed by atoms with E-state index in [1.165, 1.54) is 0 Å². The van der Waals surface area contributed by atoms with Gasteiger partial charge in [-0.2, -0.15) is 0 Å². The van der Waals surface area contributed by atoms with E-state index in [-0.39, 0.29) is 6.61 Å². The molecule has 2 aromatic carbocycles. The van der Waals surface area contributed by atoms with Crippen molar-refractivity contribution in [3.05, 3.63) is 63.6 Å². The van der Waals surface area contributed by atoms with Gasteiger partial charge in [0.15, 0.2) is 0 Å². The first-order chi connectivity index (χ1) is 9.08. The Morgan fingerprint density at radius 1 is 1.05 bits per heavy atom. The fourth-order valence-electron chi connectivity index (χ4n) is 1.54. The van der Waals surface area contributed by atoms with Gasteiger partial charge in [0.05, 0.1) is 0 Å². The lowest BCUT2D eigenvalue weighted by Crippen LogP contribution is -2.10. The molecule has 2 N–H and O–H groups in total. The van der Waals surface area contributed by atoms with Gasteiger partial charge in [0.25, 0.3) is 0 Å². The summed E-state index contributed by atoms with van der Waals surface area (Å²) in [6.45, 7) is 0.258. The number of carbonyl (C=O) groups is 1. The lowest BCUT2D eigenvalue weighted by atomic mass is 10.2. The third-order valence-electron chi connectivity index (χ3n) is 2.58. The Bertz CT molecular complexity index is 577. The lowest BCUT2D eigenvalue weighted by Gasteiger charge is -2.09. The van der Waals surface area contributed by atoms with Gasteiger partial charge < -0.3 is 10.5 Å². The maximum Gasteiger partial charge on any atom is 0.248 e. The Morgan fingerprint density at radius 2 is 1.63 bits per heavy atom. The van der Waals surface area contributed by atoms with E-state index in [0.717, 1.165) is 5.56 Å². The van der Waals surface area contributed by atoms with E-state index >= 15 is 0 Å². The molecule has 0 bridgehead atoms. The second-order valence-electron chi connectivity index (χ2n) is 3.88. The molecular formula is C14H11Cl2NO2. The van der Waals surface area contributed by atoms with Crippen LogP contribution >= 0.6 is 23.2 Å². The normalized spacial score (nSPS) is 10.2. The van der Waals surface area contributed by atoms with Gasteiger partial charge in [-0.05, 0) is 36.4 Å². The molecule has 0 unspecified atom stereocenters. The summed E-state index contributed by atoms with van der Waals surface area (Å²) in [6, 6.07) is 11.8. The fraction of sp³-hybridized carbons (Fsp3) is 0.0714. The first kappa shape index (κ1) is 13.7. The Labute approximate surface area is 120 Å². The highest BCUT2D eigenvalue weighted by Crippen LogP contribution is 2.25. The van der Waals surface area contributed by atoms with Crippen LogP contribution in [-0.4, -0.2) is 5.91 Å². The maximum atomic E-state index is 10.9. The van der Waals surface area contributed by atoms with Gasteiger partial charge in [-0.25, -0.2) is 0 Å². The maximum absolute atomic E-state index is 10.9. The molecule has 0 radical (unpaired) electrons. The number of carbonyl (C=O) groups excluding carboxylic acids is 1. The molecule has 0 saturated carbocycles. The van der Waals surface area contributed by atoms with Crippen LogP contribution in [-0.2, 0) is 6.61 Å². The SMILES string of the molecule is NC(=O)c1ccc(OCc2c(Cl)cccc2Cl)cc1. The highest BCUT2D eigenvalue weighted by Gasteiger charge is 2.06. The van der Waals surface area contributed by atoms with Crippen molar-refractivity contribution < 1.29 is 9.53 Å². The molecule has 1 amide bonds. The summed E-state index contributed by atoms with van der Waals surface area (Å²) < 4.78 is 5.57. The van der Waals surface area contributed by atoms with Crippen LogP contribution in [0.2, 0.25) is 10.0 Å². The number of nitrogens with two attached hydrogens (primary N) is 1. The van der Waals surface area contributed by atoms with E-state index in [9.17, 15) is 4.79 Å². The van der Waals surface area contributed by atoms with Crippen LogP contribution in [0.1, 0.15) is 15.9 Å². The molecule has 0 atom stereocenters. The number of primary amides is 1. The Kier molecular flexibility index (Phi) is 4.30. The van der Waals surface area contributed by atoms with Crippen LogP contribution in [0.4, 0.5) is 0 Å². The largest absolute Gasteiger partial charge is 0.489 e. The Balaban J connectivity index is 2.08. The van der Waals surface area contributed by atoms with Crippen molar-refractivity contribution in [3.8, 4) is 5.75 Å². The summed E-state index contributed by atoms with van der Waals surface area (Å²) >= 11 is 12.1. The van der Waals surface area contributed by atoms with Crippen molar-refractivity contribution in [2.75, 3.05) is 0 Å². The summed E-state index contributed by atoms with van der Waals surface area (Å²) in [6.07, 6.45) is 0. The van der Waals surface area contributed by atoms with Gasteiger partial charge in [0.2, 0.25) is 5.91 Å². The van der Waals surface area contributed by atoms with Gasteiger partial charge in [0, 0.05) is 21.2 Å². The number of halogens is 2. The van der Waals surface area contributed by atoms with Crippen molar-refractivity contribution in [1.29, 1.82) is 0 Å². The van der Waals surface area contributed by atoms with Crippen LogP contribution in [0.15, 0.2) is 42.5 Å². The summed E-state index contributed by atoms with van der Waals surface area (Å²) in [7, 11) is 0. The van der Waals surface area contributed by atoms with Crippen LogP contribution in [0.25, 0.3) is 0 Å². The number of hydrogen-bond donors (Lipinski definition) is 1. The third-order valence-corrected chi connectivity index (χ3v) is 3.29. The minimum atomic E-state index is -0.472. The predicted molar refractivity (Wildman–Crippen MR) is 75.8 cm³/mol. The molecule has 0 heterocycles. The lowest BCUT2D eigenvalue weighted by molar-refractivity contribution is 0.100. The minimum Gasteiger partial charge on any atom is -0.489 e. The van der Waals surface area contributed by atoms with Crippen LogP contribution in [0.5, 0.6) is 5.75 Å². The van der Waals surface area contributed by atoms with E-state index in [1.54, 1.807) is 42.5 Å². The number of benzene rings is 2. The van der Waals surface area contributed by atoms with Crippen molar-refractivity contribution in [2.45, 2.75) is 6.61 Å². The summed E-state index contributed by atoms with van der Waals surface area (Å²) in [5.74, 6) is 0.140. The van der Waals surface area contributed by atoms with Crippen molar-refractivity contribution in [1.82, 2.24) is 0 Å². The highest BCUT2D eigenvalue weighted by molar-refractivity contribution is 6.35. The standard InChI is InChI=1S/C14H11Cl2NO2/c15-12-2-1-3-13(16)11(12)8-19-10-6-4-9(5-7-10)14(17)18/h1-7H,8H2,(H2,17,18). The summed E-state index contributed by atoms with van der Waals surface area (Å²) in [5, 5.41) is 1.11. The predicted octanol–water partition coefficient (Wildman–Crippen LogP) is 3.67. The number of ether oxygens (including phenoxy) is 1. The molecular weight excluding hydrogens is 285 g/mol. The average molecular weight is 296 g/mol. The highest BCUT2D eigenvalue weighted by atomic mass is 35.5. The zero-order chi connectivity index (χ0) is 13.8. The molecule has 0 spiro atoms. The first-order valence-electron chi connectivity index (χ1n) is 5.53. The van der Waals surface area contributed by atoms with Gasteiger partial charge in [0.1, 0.15) is 12.4 Å². The molecule has 2 aromatic rings. The average Bonchev–Trinajstić information content (AvgIpc) is 2.38. The summed E-state index contributed by atoms with van der Waals surface area (Å²) in [4.78, 5) is 10.9. The zero-order valence-electron chi connectivity index (χ0n) is 9.90. The van der Waals surface area contributed by atoms with Crippen molar-refractivity contribution >= 4 is 29.1 Å². The quantitative estimate of drug-likeness (QED) is 0.935. The number of hydrogen-bond acceptors (Lipinski definition) is 2. The molecule has 3 nitrogen and oxygen atoms in total. The molecule has 98 valence electrons. The van der Waals surface area contributed by atoms with Gasteiger partial charge in [-0.3, -0.25) is 4.79 Å². The monoisotopic (exact) mass is 295 g/mol. The smallest absolute Gasteiger partial charge is 0.248 e. The number of rotatable bonds is 4. The van der Waals surface area contributed by atoms with E-state index in [2.05, 4.69) is 0 Å². The molecule has 0 aromatic heterocycles. The van der Waals surface area contributed by atoms with Crippen LogP contribution < -0.4 is 10.5 Å². The van der Waals surface area contributed by atoms with Crippen LogP contribution in [0.3, 0.4) is 0 Å². The van der Waals surface area contributed by atoms with Gasteiger partial charge in [-0.15, -0.1) is 0 Å². The fourth-order valence-corrected chi connectivity index (χ4v) is 2.05. The molecule has 19 heavy (non-hydrogen) atoms. The van der Waals surface area contributed by atoms with E-state index in [1.807, 2.05) is 0 Å². The third kappa shape index (κ3) is 3.40. The van der Waals surface area contributed by atoms with Gasteiger partial charge in [-0.1, -0.05) is 29.3 Å². The molecule has 5 heteroatoms. The minimum absolute atomic E-state index is 0.258. The van der Waals surface area contributed by atoms with E-state index < -0.39 is 5.91 Å². The van der Waals surface area contributed by atoms with E-state index in [4.69, 9.17) is 33.7 Å². The number of amides is 1. The van der Waals surface area contributed by atoms with Crippen molar-refractivity contribution in [3.63, 3.8) is 0 Å². The van der Waals surface area contributed by atoms with Crippen LogP contribution in [0, 0.1) is 0 Å². The van der Waals surface area contributed by atoms with Gasteiger partial charge >= 0.3 is 0 Å². The summed E-state index contributed by atoms with van der Waals surface area (Å²) in [5.41, 5.74) is 6.31. The second kappa shape index (κ2) is 5.95.